The summed E-state index contributed by atoms with van der Waals surface area (Å²) >= 11 is 11.2. The van der Waals surface area contributed by atoms with Crippen molar-refractivity contribution in [3.05, 3.63) is 30.8 Å². The molecule has 0 N–H and O–H groups in total. The van der Waals surface area contributed by atoms with Crippen LogP contribution in [0.3, 0.4) is 0 Å². The van der Waals surface area contributed by atoms with Gasteiger partial charge in [0, 0.05) is 8.04 Å². The largest absolute Gasteiger partial charge is 0.462 e. The van der Waals surface area contributed by atoms with Gasteiger partial charge in [-0.3, -0.25) is 0 Å². The van der Waals surface area contributed by atoms with Crippen LogP contribution in [0.25, 0.3) is 0 Å². The first-order valence-corrected chi connectivity index (χ1v) is 6.13. The van der Waals surface area contributed by atoms with Crippen LogP contribution in [0.2, 0.25) is 5.02 Å². The van der Waals surface area contributed by atoms with Crippen molar-refractivity contribution < 1.29 is 9.53 Å². The molecule has 1 rings (SSSR count). The molecule has 0 saturated heterocycles. The van der Waals surface area contributed by atoms with Crippen molar-refractivity contribution in [1.82, 2.24) is 0 Å². The molecule has 0 aliphatic carbocycles. The number of hydrogen-bond donors (Lipinski definition) is 0. The van der Waals surface area contributed by atoms with E-state index >= 15 is 0 Å². The Balaban J connectivity index is 3.09. The summed E-state index contributed by atoms with van der Waals surface area (Å²) in [7, 11) is 0. The second-order valence-corrected chi connectivity index (χ2v) is 4.89. The summed E-state index contributed by atoms with van der Waals surface area (Å²) in [6.07, 6.45) is 0. The molecule has 0 aromatic heterocycles. The van der Waals surface area contributed by atoms with Gasteiger partial charge in [0.1, 0.15) is 0 Å². The minimum atomic E-state index is -0.325. The molecule has 0 fully saturated rings. The molecule has 0 amide bonds. The average Bonchev–Trinajstić information content (AvgIpc) is 2.11. The second kappa shape index (κ2) is 5.32. The first-order chi connectivity index (χ1) is 6.56. The summed E-state index contributed by atoms with van der Waals surface area (Å²) in [4.78, 5) is 11.4. The normalized spacial score (nSPS) is 10.0. The maximum Gasteiger partial charge on any atom is 0.339 e. The molecule has 76 valence electrons. The average molecular weight is 389 g/mol. The predicted molar refractivity (Wildman–Crippen MR) is 67.8 cm³/mol. The molecule has 5 heteroatoms. The third-order valence-electron chi connectivity index (χ3n) is 1.51. The minimum absolute atomic E-state index is 0.325. The monoisotopic (exact) mass is 388 g/mol. The first kappa shape index (κ1) is 12.3. The van der Waals surface area contributed by atoms with Crippen molar-refractivity contribution in [3.63, 3.8) is 0 Å². The maximum atomic E-state index is 11.4. The quantitative estimate of drug-likeness (QED) is 0.436. The number of halogens is 3. The molecule has 0 bridgehead atoms. The molecule has 0 aliphatic rings. The van der Waals surface area contributed by atoms with Crippen LogP contribution >= 0.6 is 50.1 Å². The van der Waals surface area contributed by atoms with Crippen molar-refractivity contribution in [2.24, 2.45) is 0 Å². The summed E-state index contributed by atoms with van der Waals surface area (Å²) in [5.74, 6) is -0.325. The Bertz CT molecular complexity index is 368. The molecule has 0 heterocycles. The minimum Gasteiger partial charge on any atom is -0.462 e. The summed E-state index contributed by atoms with van der Waals surface area (Å²) in [6.45, 7) is 2.14. The van der Waals surface area contributed by atoms with Gasteiger partial charge in [0.15, 0.2) is 0 Å². The van der Waals surface area contributed by atoms with Crippen LogP contribution in [0.5, 0.6) is 0 Å². The van der Waals surface area contributed by atoms with E-state index in [-0.39, 0.29) is 5.97 Å². The van der Waals surface area contributed by atoms with E-state index in [1.54, 1.807) is 19.1 Å². The lowest BCUT2D eigenvalue weighted by Gasteiger charge is -2.05. The van der Waals surface area contributed by atoms with Crippen LogP contribution in [0.4, 0.5) is 0 Å². The van der Waals surface area contributed by atoms with Crippen molar-refractivity contribution in [2.45, 2.75) is 6.92 Å². The van der Waals surface area contributed by atoms with Gasteiger partial charge in [-0.15, -0.1) is 0 Å². The Morgan fingerprint density at radius 2 is 2.29 bits per heavy atom. The Morgan fingerprint density at radius 1 is 1.64 bits per heavy atom. The van der Waals surface area contributed by atoms with Crippen LogP contribution < -0.4 is 0 Å². The van der Waals surface area contributed by atoms with Crippen molar-refractivity contribution >= 4 is 56.1 Å². The van der Waals surface area contributed by atoms with Gasteiger partial charge in [0.2, 0.25) is 0 Å². The molecule has 0 saturated carbocycles. The third kappa shape index (κ3) is 2.84. The van der Waals surface area contributed by atoms with Gasteiger partial charge in [-0.25, -0.2) is 4.79 Å². The highest BCUT2D eigenvalue weighted by Gasteiger charge is 2.13. The zero-order chi connectivity index (χ0) is 10.7. The van der Waals surface area contributed by atoms with Crippen molar-refractivity contribution in [1.29, 1.82) is 0 Å². The highest BCUT2D eigenvalue weighted by atomic mass is 127. The molecule has 14 heavy (non-hydrogen) atoms. The Hall–Kier alpha value is 0.190. The summed E-state index contributed by atoms with van der Waals surface area (Å²) in [5.41, 5.74) is 0.531. The molecule has 1 aromatic rings. The number of carbonyl (C=O) groups excluding carboxylic acids is 1. The number of ether oxygens (including phenoxy) is 1. The zero-order valence-corrected chi connectivity index (χ0v) is 11.8. The van der Waals surface area contributed by atoms with Gasteiger partial charge in [-0.2, -0.15) is 0 Å². The summed E-state index contributed by atoms with van der Waals surface area (Å²) in [5, 5.41) is 0.586. The number of carbonyl (C=O) groups is 1. The van der Waals surface area contributed by atoms with E-state index in [0.717, 1.165) is 3.57 Å². The highest BCUT2D eigenvalue weighted by molar-refractivity contribution is 14.1. The molecule has 1 aromatic carbocycles. The maximum absolute atomic E-state index is 11.4. The van der Waals surface area contributed by atoms with Gasteiger partial charge in [0.25, 0.3) is 0 Å². The van der Waals surface area contributed by atoms with E-state index in [2.05, 4.69) is 38.5 Å². The smallest absolute Gasteiger partial charge is 0.339 e. The van der Waals surface area contributed by atoms with E-state index < -0.39 is 0 Å². The van der Waals surface area contributed by atoms with E-state index in [9.17, 15) is 4.79 Å². The molecule has 0 spiro atoms. The molecule has 2 nitrogen and oxygen atoms in total. The fourth-order valence-electron chi connectivity index (χ4n) is 0.888. The van der Waals surface area contributed by atoms with E-state index in [1.165, 1.54) is 0 Å². The number of hydrogen-bond acceptors (Lipinski definition) is 2. The van der Waals surface area contributed by atoms with Crippen LogP contribution in [0.15, 0.2) is 16.6 Å². The SMILES string of the molecule is CCOC(=O)c1cc(Br)c(Cl)cc1I. The van der Waals surface area contributed by atoms with Gasteiger partial charge in [0.05, 0.1) is 17.2 Å². The van der Waals surface area contributed by atoms with Crippen LogP contribution in [0, 0.1) is 3.57 Å². The van der Waals surface area contributed by atoms with Gasteiger partial charge < -0.3 is 4.74 Å². The van der Waals surface area contributed by atoms with Crippen molar-refractivity contribution in [2.75, 3.05) is 6.61 Å². The highest BCUT2D eigenvalue weighted by Crippen LogP contribution is 2.27. The van der Waals surface area contributed by atoms with E-state index in [4.69, 9.17) is 16.3 Å². The van der Waals surface area contributed by atoms with Gasteiger partial charge in [-0.1, -0.05) is 11.6 Å². The topological polar surface area (TPSA) is 26.3 Å². The van der Waals surface area contributed by atoms with Crippen molar-refractivity contribution in [3.8, 4) is 0 Å². The van der Waals surface area contributed by atoms with Gasteiger partial charge >= 0.3 is 5.97 Å². The number of esters is 1. The van der Waals surface area contributed by atoms with Crippen LogP contribution in [-0.2, 0) is 4.74 Å². The van der Waals surface area contributed by atoms with E-state index in [0.29, 0.717) is 21.7 Å². The summed E-state index contributed by atoms with van der Waals surface area (Å²) in [6, 6.07) is 3.39. The Morgan fingerprint density at radius 3 is 2.86 bits per heavy atom. The molecule has 0 atom stereocenters. The first-order valence-electron chi connectivity index (χ1n) is 3.88. The zero-order valence-electron chi connectivity index (χ0n) is 7.31. The Kier molecular flexibility index (Phi) is 4.66. The lowest BCUT2D eigenvalue weighted by atomic mass is 10.2. The lowest BCUT2D eigenvalue weighted by Crippen LogP contribution is -2.06. The van der Waals surface area contributed by atoms with E-state index in [1.807, 2.05) is 0 Å². The standard InChI is InChI=1S/C9H7BrClIO2/c1-2-14-9(13)5-3-6(10)7(11)4-8(5)12/h3-4H,2H2,1H3. The van der Waals surface area contributed by atoms with Gasteiger partial charge in [-0.05, 0) is 57.6 Å². The lowest BCUT2D eigenvalue weighted by molar-refractivity contribution is 0.0525. The van der Waals surface area contributed by atoms with Crippen LogP contribution in [0.1, 0.15) is 17.3 Å². The number of rotatable bonds is 2. The molecule has 0 radical (unpaired) electrons. The number of benzene rings is 1. The third-order valence-corrected chi connectivity index (χ3v) is 3.59. The fraction of sp³-hybridized carbons (Fsp3) is 0.222. The molecule has 0 aliphatic heterocycles. The molecule has 0 unspecified atom stereocenters. The fourth-order valence-corrected chi connectivity index (χ4v) is 2.27. The van der Waals surface area contributed by atoms with Crippen LogP contribution in [-0.4, -0.2) is 12.6 Å². The predicted octanol–water partition coefficient (Wildman–Crippen LogP) is 3.88. The molecular weight excluding hydrogens is 382 g/mol. The Labute approximate surface area is 109 Å². The summed E-state index contributed by atoms with van der Waals surface area (Å²) < 4.78 is 6.38. The molecular formula is C9H7BrClIO2. The second-order valence-electron chi connectivity index (χ2n) is 2.47.